The van der Waals surface area contributed by atoms with Crippen LogP contribution in [-0.4, -0.2) is 18.1 Å². The Morgan fingerprint density at radius 3 is 2.08 bits per heavy atom. The maximum Gasteiger partial charge on any atom is 0.357 e. The predicted molar refractivity (Wildman–Crippen MR) is 96.8 cm³/mol. The van der Waals surface area contributed by atoms with E-state index in [1.807, 2.05) is 30.3 Å². The summed E-state index contributed by atoms with van der Waals surface area (Å²) in [5.41, 5.74) is 1.29. The van der Waals surface area contributed by atoms with Crippen molar-refractivity contribution in [3.8, 4) is 0 Å². The molecule has 25 heavy (non-hydrogen) atoms. The van der Waals surface area contributed by atoms with Gasteiger partial charge in [-0.25, -0.2) is 0 Å². The Bertz CT molecular complexity index is 726. The van der Waals surface area contributed by atoms with Gasteiger partial charge in [-0.15, -0.1) is 0 Å². The summed E-state index contributed by atoms with van der Waals surface area (Å²) >= 11 is 0. The van der Waals surface area contributed by atoms with E-state index in [0.717, 1.165) is 5.69 Å². The molecule has 0 unspecified atom stereocenters. The van der Waals surface area contributed by atoms with Gasteiger partial charge in [0.05, 0.1) is 18.1 Å². The van der Waals surface area contributed by atoms with Crippen molar-refractivity contribution < 1.29 is 18.5 Å². The van der Waals surface area contributed by atoms with Gasteiger partial charge in [0.2, 0.25) is 0 Å². The molecule has 0 fully saturated rings. The van der Waals surface area contributed by atoms with Gasteiger partial charge in [0, 0.05) is 17.8 Å². The van der Waals surface area contributed by atoms with Crippen LogP contribution in [0.2, 0.25) is 0 Å². The average Bonchev–Trinajstić information content (AvgIpc) is 2.61. The Hall–Kier alpha value is -2.21. The first-order valence-electron chi connectivity index (χ1n) is 7.95. The van der Waals surface area contributed by atoms with Gasteiger partial charge in [-0.2, -0.15) is 0 Å². The van der Waals surface area contributed by atoms with Crippen LogP contribution in [0.5, 0.6) is 0 Å². The number of para-hydroxylation sites is 1. The number of hydrogen-bond donors (Lipinski definition) is 1. The molecule has 0 aliphatic rings. The largest absolute Gasteiger partial charge is 0.368 e. The molecule has 0 aliphatic heterocycles. The molecular formula is C17H21N2O5P. The van der Waals surface area contributed by atoms with Gasteiger partial charge in [0.25, 0.3) is 5.69 Å². The molecule has 1 atom stereocenters. The molecule has 2 rings (SSSR count). The van der Waals surface area contributed by atoms with Crippen LogP contribution in [-0.2, 0) is 13.6 Å². The second-order valence-electron chi connectivity index (χ2n) is 5.14. The van der Waals surface area contributed by atoms with E-state index in [0.29, 0.717) is 5.56 Å². The van der Waals surface area contributed by atoms with E-state index >= 15 is 0 Å². The fourth-order valence-electron chi connectivity index (χ4n) is 2.36. The summed E-state index contributed by atoms with van der Waals surface area (Å²) in [6.45, 7) is 3.91. The quantitative estimate of drug-likeness (QED) is 0.384. The van der Waals surface area contributed by atoms with Crippen LogP contribution in [0.4, 0.5) is 11.4 Å². The minimum absolute atomic E-state index is 0.0372. The molecule has 0 heterocycles. The topological polar surface area (TPSA) is 90.7 Å². The molecule has 2 aromatic rings. The van der Waals surface area contributed by atoms with E-state index in [4.69, 9.17) is 9.05 Å². The number of nitrogens with zero attached hydrogens (tertiary/aromatic N) is 1. The van der Waals surface area contributed by atoms with Crippen LogP contribution < -0.4 is 5.32 Å². The van der Waals surface area contributed by atoms with Gasteiger partial charge >= 0.3 is 7.60 Å². The fourth-order valence-corrected chi connectivity index (χ4v) is 4.30. The summed E-state index contributed by atoms with van der Waals surface area (Å²) in [5, 5.41) is 14.0. The molecule has 134 valence electrons. The summed E-state index contributed by atoms with van der Waals surface area (Å²) in [5.74, 6) is -0.782. The highest BCUT2D eigenvalue weighted by molar-refractivity contribution is 7.54. The van der Waals surface area contributed by atoms with Gasteiger partial charge in [-0.3, -0.25) is 14.7 Å². The number of anilines is 1. The van der Waals surface area contributed by atoms with Crippen molar-refractivity contribution in [1.29, 1.82) is 0 Å². The molecule has 8 heteroatoms. The molecule has 0 radical (unpaired) electrons. The van der Waals surface area contributed by atoms with E-state index in [-0.39, 0.29) is 18.9 Å². The number of nitro groups is 1. The summed E-state index contributed by atoms with van der Waals surface area (Å²) in [4.78, 5) is 10.4. The number of hydrogen-bond acceptors (Lipinski definition) is 6. The highest BCUT2D eigenvalue weighted by atomic mass is 31.2. The van der Waals surface area contributed by atoms with Crippen molar-refractivity contribution in [3.05, 3.63) is 70.3 Å². The van der Waals surface area contributed by atoms with Crippen molar-refractivity contribution in [2.24, 2.45) is 0 Å². The summed E-state index contributed by atoms with van der Waals surface area (Å²) < 4.78 is 24.2. The molecule has 0 amide bonds. The normalized spacial score (nSPS) is 12.6. The fraction of sp³-hybridized carbons (Fsp3) is 0.294. The van der Waals surface area contributed by atoms with E-state index in [1.54, 1.807) is 26.0 Å². The van der Waals surface area contributed by atoms with Gasteiger partial charge < -0.3 is 14.4 Å². The molecule has 0 saturated carbocycles. The smallest absolute Gasteiger partial charge is 0.357 e. The van der Waals surface area contributed by atoms with Crippen molar-refractivity contribution in [2.45, 2.75) is 19.6 Å². The van der Waals surface area contributed by atoms with Crippen molar-refractivity contribution in [2.75, 3.05) is 18.5 Å². The lowest BCUT2D eigenvalue weighted by Gasteiger charge is -2.28. The van der Waals surface area contributed by atoms with E-state index in [2.05, 4.69) is 5.32 Å². The first-order valence-corrected chi connectivity index (χ1v) is 9.56. The van der Waals surface area contributed by atoms with Crippen LogP contribution in [0.25, 0.3) is 0 Å². The molecule has 0 aromatic heterocycles. The predicted octanol–water partition coefficient (Wildman–Crippen LogP) is 4.97. The highest BCUT2D eigenvalue weighted by Gasteiger charge is 2.37. The number of non-ortho nitro benzene ring substituents is 1. The Morgan fingerprint density at radius 2 is 1.60 bits per heavy atom. The minimum Gasteiger partial charge on any atom is -0.368 e. The highest BCUT2D eigenvalue weighted by Crippen LogP contribution is 2.60. The SMILES string of the molecule is CCOP(=O)(OCC)[C@@H](Nc1ccccc1)c1ccc([N+](=O)[O-])cc1. The first-order chi connectivity index (χ1) is 12.0. The standard InChI is InChI=1S/C17H21N2O5P/c1-3-23-25(22,24-4-2)17(18-15-8-6-5-7-9-15)14-10-12-16(13-11-14)19(20)21/h5-13,17-18H,3-4H2,1-2H3/t17-/m1/s1. The lowest BCUT2D eigenvalue weighted by atomic mass is 10.2. The molecule has 0 spiro atoms. The molecule has 2 aromatic carbocycles. The van der Waals surface area contributed by atoms with E-state index < -0.39 is 18.3 Å². The lowest BCUT2D eigenvalue weighted by molar-refractivity contribution is -0.384. The first kappa shape index (κ1) is 19.1. The molecule has 1 N–H and O–H groups in total. The Balaban J connectivity index is 2.43. The maximum atomic E-state index is 13.3. The molecule has 7 nitrogen and oxygen atoms in total. The number of benzene rings is 2. The van der Waals surface area contributed by atoms with Gasteiger partial charge in [-0.05, 0) is 43.7 Å². The van der Waals surface area contributed by atoms with Crippen LogP contribution in [0.1, 0.15) is 25.2 Å². The van der Waals surface area contributed by atoms with E-state index in [9.17, 15) is 14.7 Å². The zero-order chi connectivity index (χ0) is 18.3. The molecule has 0 bridgehead atoms. The molecular weight excluding hydrogens is 343 g/mol. The zero-order valence-corrected chi connectivity index (χ0v) is 15.0. The van der Waals surface area contributed by atoms with E-state index in [1.165, 1.54) is 12.1 Å². The molecule has 0 saturated heterocycles. The van der Waals surface area contributed by atoms with Crippen molar-refractivity contribution in [1.82, 2.24) is 0 Å². The van der Waals surface area contributed by atoms with Crippen LogP contribution in [0.3, 0.4) is 0 Å². The monoisotopic (exact) mass is 364 g/mol. The summed E-state index contributed by atoms with van der Waals surface area (Å²) in [7, 11) is -3.54. The van der Waals surface area contributed by atoms with Crippen molar-refractivity contribution >= 4 is 19.0 Å². The van der Waals surface area contributed by atoms with Gasteiger partial charge in [-0.1, -0.05) is 18.2 Å². The maximum absolute atomic E-state index is 13.3. The summed E-state index contributed by atoms with van der Waals surface area (Å²) in [6.07, 6.45) is 0. The molecule has 0 aliphatic carbocycles. The summed E-state index contributed by atoms with van der Waals surface area (Å²) in [6, 6.07) is 15.1. The third-order valence-electron chi connectivity index (χ3n) is 3.43. The van der Waals surface area contributed by atoms with Gasteiger partial charge in [0.1, 0.15) is 0 Å². The van der Waals surface area contributed by atoms with Crippen molar-refractivity contribution in [3.63, 3.8) is 0 Å². The number of nitrogens with one attached hydrogen (secondary N) is 1. The van der Waals surface area contributed by atoms with Crippen LogP contribution in [0.15, 0.2) is 54.6 Å². The third kappa shape index (κ3) is 4.89. The zero-order valence-electron chi connectivity index (χ0n) is 14.1. The second kappa shape index (κ2) is 8.76. The van der Waals surface area contributed by atoms with Crippen LogP contribution in [0, 0.1) is 10.1 Å². The second-order valence-corrected chi connectivity index (χ2v) is 7.25. The van der Waals surface area contributed by atoms with Gasteiger partial charge in [0.15, 0.2) is 5.78 Å². The van der Waals surface area contributed by atoms with Crippen LogP contribution >= 0.6 is 7.60 Å². The number of nitro benzene ring substituents is 1. The Kier molecular flexibility index (Phi) is 6.70. The third-order valence-corrected chi connectivity index (χ3v) is 5.73. The Labute approximate surface area is 146 Å². The average molecular weight is 364 g/mol. The minimum atomic E-state index is -3.54. The lowest BCUT2D eigenvalue weighted by Crippen LogP contribution is -2.15. The Morgan fingerprint density at radius 1 is 1.04 bits per heavy atom. The number of rotatable bonds is 9.